The van der Waals surface area contributed by atoms with Crippen LogP contribution in [-0.4, -0.2) is 56.2 Å². The number of carbonyl (C=O) groups is 1. The van der Waals surface area contributed by atoms with Crippen molar-refractivity contribution in [3.8, 4) is 34.8 Å². The van der Waals surface area contributed by atoms with Gasteiger partial charge in [-0.15, -0.1) is 0 Å². The summed E-state index contributed by atoms with van der Waals surface area (Å²) in [7, 11) is 1.82. The predicted molar refractivity (Wildman–Crippen MR) is 147 cm³/mol. The Hall–Kier alpha value is -4.51. The van der Waals surface area contributed by atoms with Crippen LogP contribution in [0.5, 0.6) is 28.7 Å². The van der Waals surface area contributed by atoms with Crippen molar-refractivity contribution in [2.45, 2.75) is 23.5 Å². The van der Waals surface area contributed by atoms with Crippen molar-refractivity contribution in [1.82, 2.24) is 4.72 Å². The van der Waals surface area contributed by atoms with E-state index in [0.29, 0.717) is 45.3 Å². The Balaban J connectivity index is 1.47. The number of fused-ring (bicyclic) bond motifs is 1. The first kappa shape index (κ1) is 29.0. The van der Waals surface area contributed by atoms with Crippen molar-refractivity contribution in [1.29, 1.82) is 5.26 Å². The van der Waals surface area contributed by atoms with E-state index in [1.165, 1.54) is 52.7 Å². The average Bonchev–Trinajstić information content (AvgIpc) is 3.65. The SMILES string of the molecule is COC(=O)c1c([C@H]2O[C@@H]2c2c(CCNS(=O)(=O)c3ccc(C#N)cc3)cc3c(c2OC)OCO3)ccc(OC)c1OC. The van der Waals surface area contributed by atoms with Gasteiger partial charge >= 0.3 is 5.97 Å². The van der Waals surface area contributed by atoms with Crippen LogP contribution in [0.3, 0.4) is 0 Å². The molecule has 3 aromatic carbocycles. The topological polar surface area (TPSA) is 155 Å². The summed E-state index contributed by atoms with van der Waals surface area (Å²) < 4.78 is 67.4. The number of benzene rings is 3. The van der Waals surface area contributed by atoms with Crippen molar-refractivity contribution in [2.75, 3.05) is 41.8 Å². The number of hydrogen-bond acceptors (Lipinski definition) is 11. The Kier molecular flexibility index (Phi) is 8.13. The maximum absolute atomic E-state index is 12.9. The van der Waals surface area contributed by atoms with Crippen molar-refractivity contribution < 1.29 is 46.4 Å². The van der Waals surface area contributed by atoms with E-state index >= 15 is 0 Å². The third kappa shape index (κ3) is 5.27. The van der Waals surface area contributed by atoms with Crippen molar-refractivity contribution in [3.63, 3.8) is 0 Å². The number of nitrogens with one attached hydrogen (secondary N) is 1. The van der Waals surface area contributed by atoms with Crippen LogP contribution >= 0.6 is 0 Å². The van der Waals surface area contributed by atoms with Crippen LogP contribution in [-0.2, 0) is 25.9 Å². The molecular weight excluding hydrogens is 568 g/mol. The Morgan fingerprint density at radius 1 is 1.00 bits per heavy atom. The lowest BCUT2D eigenvalue weighted by Crippen LogP contribution is -2.26. The third-order valence-electron chi connectivity index (χ3n) is 6.98. The number of nitriles is 1. The van der Waals surface area contributed by atoms with E-state index in [1.807, 2.05) is 6.07 Å². The first-order chi connectivity index (χ1) is 20.3. The number of hydrogen-bond donors (Lipinski definition) is 1. The smallest absolute Gasteiger partial charge is 0.342 e. The summed E-state index contributed by atoms with van der Waals surface area (Å²) in [6, 6.07) is 12.8. The van der Waals surface area contributed by atoms with Gasteiger partial charge in [0.05, 0.1) is 45.0 Å². The van der Waals surface area contributed by atoms with E-state index in [1.54, 1.807) is 18.2 Å². The maximum atomic E-state index is 12.9. The fraction of sp³-hybridized carbons (Fsp3) is 0.310. The van der Waals surface area contributed by atoms with Crippen LogP contribution in [0.15, 0.2) is 47.4 Å². The fourth-order valence-electron chi connectivity index (χ4n) is 4.97. The summed E-state index contributed by atoms with van der Waals surface area (Å²) >= 11 is 0. The fourth-order valence-corrected chi connectivity index (χ4v) is 6.00. The van der Waals surface area contributed by atoms with Gasteiger partial charge in [-0.25, -0.2) is 17.9 Å². The molecule has 1 fully saturated rings. The largest absolute Gasteiger partial charge is 0.493 e. The molecule has 2 heterocycles. The number of epoxide rings is 1. The number of sulfonamides is 1. The molecule has 220 valence electrons. The van der Waals surface area contributed by atoms with E-state index in [9.17, 15) is 13.2 Å². The molecule has 12 nitrogen and oxygen atoms in total. The Labute approximate surface area is 242 Å². The van der Waals surface area contributed by atoms with Crippen LogP contribution < -0.4 is 28.4 Å². The minimum atomic E-state index is -3.84. The van der Waals surface area contributed by atoms with Gasteiger partial charge < -0.3 is 33.2 Å². The summed E-state index contributed by atoms with van der Waals surface area (Å²) in [5, 5.41) is 8.99. The van der Waals surface area contributed by atoms with Crippen LogP contribution in [0.4, 0.5) is 0 Å². The molecule has 0 aliphatic carbocycles. The lowest BCUT2D eigenvalue weighted by Gasteiger charge is -2.17. The second-order valence-electron chi connectivity index (χ2n) is 9.23. The van der Waals surface area contributed by atoms with Gasteiger partial charge in [-0.1, -0.05) is 6.07 Å². The molecule has 0 aromatic heterocycles. The molecule has 1 N–H and O–H groups in total. The number of methoxy groups -OCH3 is 4. The molecule has 0 bridgehead atoms. The lowest BCUT2D eigenvalue weighted by molar-refractivity contribution is 0.0594. The van der Waals surface area contributed by atoms with Crippen molar-refractivity contribution >= 4 is 16.0 Å². The van der Waals surface area contributed by atoms with Crippen molar-refractivity contribution in [2.24, 2.45) is 0 Å². The van der Waals surface area contributed by atoms with Gasteiger partial charge in [0.15, 0.2) is 23.0 Å². The first-order valence-electron chi connectivity index (χ1n) is 12.8. The molecule has 2 aliphatic heterocycles. The summed E-state index contributed by atoms with van der Waals surface area (Å²) in [5.41, 5.74) is 2.39. The van der Waals surface area contributed by atoms with Crippen molar-refractivity contribution in [3.05, 3.63) is 70.3 Å². The zero-order chi connectivity index (χ0) is 30.0. The normalized spacial score (nSPS) is 16.8. The van der Waals surface area contributed by atoms with E-state index < -0.39 is 28.2 Å². The van der Waals surface area contributed by atoms with E-state index in [-0.39, 0.29) is 36.0 Å². The molecule has 0 saturated carbocycles. The first-order valence-corrected chi connectivity index (χ1v) is 14.2. The molecule has 5 rings (SSSR count). The zero-order valence-corrected chi connectivity index (χ0v) is 24.1. The molecule has 2 atom stereocenters. The summed E-state index contributed by atoms with van der Waals surface area (Å²) in [6.07, 6.45) is -0.899. The number of rotatable bonds is 11. The third-order valence-corrected chi connectivity index (χ3v) is 8.45. The van der Waals surface area contributed by atoms with Gasteiger partial charge in [-0.3, -0.25) is 0 Å². The van der Waals surface area contributed by atoms with Gasteiger partial charge in [0, 0.05) is 17.7 Å². The van der Waals surface area contributed by atoms with Gasteiger partial charge in [0.25, 0.3) is 0 Å². The molecule has 42 heavy (non-hydrogen) atoms. The monoisotopic (exact) mass is 596 g/mol. The van der Waals surface area contributed by atoms with Crippen LogP contribution in [0.1, 0.15) is 44.8 Å². The van der Waals surface area contributed by atoms with Crippen LogP contribution in [0.25, 0.3) is 0 Å². The van der Waals surface area contributed by atoms with Gasteiger partial charge in [-0.05, 0) is 48.4 Å². The molecule has 13 heteroatoms. The number of ether oxygens (including phenoxy) is 7. The minimum Gasteiger partial charge on any atom is -0.493 e. The van der Waals surface area contributed by atoms with Crippen LogP contribution in [0.2, 0.25) is 0 Å². The highest BCUT2D eigenvalue weighted by Gasteiger charge is 2.48. The summed E-state index contributed by atoms with van der Waals surface area (Å²) in [6.45, 7) is 0.0380. The molecule has 0 radical (unpaired) electrons. The number of esters is 1. The van der Waals surface area contributed by atoms with Gasteiger partial charge in [-0.2, -0.15) is 5.26 Å². The molecule has 1 saturated heterocycles. The summed E-state index contributed by atoms with van der Waals surface area (Å²) in [4.78, 5) is 12.9. The minimum absolute atomic E-state index is 0.00295. The second kappa shape index (κ2) is 11.8. The highest BCUT2D eigenvalue weighted by Crippen LogP contribution is 2.59. The molecule has 2 aliphatic rings. The number of nitrogens with zero attached hydrogens (tertiary/aromatic N) is 1. The molecule has 3 aromatic rings. The molecule has 0 unspecified atom stereocenters. The Bertz CT molecular complexity index is 1670. The second-order valence-corrected chi connectivity index (χ2v) is 11.0. The predicted octanol–water partition coefficient (Wildman–Crippen LogP) is 3.43. The van der Waals surface area contributed by atoms with E-state index in [2.05, 4.69) is 4.72 Å². The standard InChI is InChI=1S/C29H28N2O10S/c1-35-20-10-9-19(23(25(20)36-2)29(32)38-4)24-28(41-24)22-17(13-21-26(27(22)37-3)40-15-39-21)11-12-31-42(33,34)18-7-5-16(14-30)6-8-18/h5-10,13,24,28,31H,11-12,15H2,1-4H3/t24-,28-/m1/s1. The number of carbonyl (C=O) groups excluding carboxylic acids is 1. The highest BCUT2D eigenvalue weighted by molar-refractivity contribution is 7.89. The molecule has 0 amide bonds. The van der Waals surface area contributed by atoms with E-state index in [4.69, 9.17) is 38.4 Å². The zero-order valence-electron chi connectivity index (χ0n) is 23.3. The Morgan fingerprint density at radius 2 is 1.74 bits per heavy atom. The summed E-state index contributed by atoms with van der Waals surface area (Å²) in [5.74, 6) is 1.21. The van der Waals surface area contributed by atoms with Crippen LogP contribution in [0, 0.1) is 11.3 Å². The van der Waals surface area contributed by atoms with Gasteiger partial charge in [0.1, 0.15) is 17.8 Å². The highest BCUT2D eigenvalue weighted by atomic mass is 32.2. The average molecular weight is 597 g/mol. The lowest BCUT2D eigenvalue weighted by atomic mass is 9.93. The quantitative estimate of drug-likeness (QED) is 0.256. The van der Waals surface area contributed by atoms with Gasteiger partial charge in [0.2, 0.25) is 22.6 Å². The maximum Gasteiger partial charge on any atom is 0.342 e. The Morgan fingerprint density at radius 3 is 2.38 bits per heavy atom. The van der Waals surface area contributed by atoms with E-state index in [0.717, 1.165) is 0 Å². The molecular formula is C29H28N2O10S. The molecule has 0 spiro atoms.